The summed E-state index contributed by atoms with van der Waals surface area (Å²) in [5.41, 5.74) is 2.41. The minimum Gasteiger partial charge on any atom is -0.480 e. The van der Waals surface area contributed by atoms with E-state index < -0.39 is 12.0 Å². The van der Waals surface area contributed by atoms with E-state index in [2.05, 4.69) is 34.3 Å². The first-order valence-corrected chi connectivity index (χ1v) is 7.14. The normalized spacial score (nSPS) is 15.9. The number of hydrogen-bond donors (Lipinski definition) is 2. The molecule has 1 aromatic carbocycles. The van der Waals surface area contributed by atoms with Gasteiger partial charge >= 0.3 is 5.97 Å². The van der Waals surface area contributed by atoms with Crippen LogP contribution in [0.25, 0.3) is 0 Å². The number of nitrogens with one attached hydrogen (secondary N) is 1. The number of anilines is 2. The van der Waals surface area contributed by atoms with Crippen LogP contribution in [0.3, 0.4) is 0 Å². The van der Waals surface area contributed by atoms with E-state index >= 15 is 0 Å². The van der Waals surface area contributed by atoms with E-state index in [9.17, 15) is 9.90 Å². The van der Waals surface area contributed by atoms with Crippen LogP contribution in [-0.2, 0) is 4.79 Å². The molecule has 0 bridgehead atoms. The van der Waals surface area contributed by atoms with Crippen molar-refractivity contribution in [2.24, 2.45) is 0 Å². The Hall–Kier alpha value is -1.75. The molecule has 1 aromatic rings. The molecule has 110 valence electrons. The van der Waals surface area contributed by atoms with Crippen molar-refractivity contribution in [3.8, 4) is 0 Å². The summed E-state index contributed by atoms with van der Waals surface area (Å²) < 4.78 is 0. The van der Waals surface area contributed by atoms with Gasteiger partial charge in [0.25, 0.3) is 0 Å². The molecule has 0 saturated carbocycles. The average Bonchev–Trinajstić information content (AvgIpc) is 2.45. The molecular weight excluding hydrogens is 254 g/mol. The maximum Gasteiger partial charge on any atom is 0.320 e. The summed E-state index contributed by atoms with van der Waals surface area (Å²) in [5.74, 6) is -0.769. The molecule has 5 nitrogen and oxygen atoms in total. The van der Waals surface area contributed by atoms with Crippen molar-refractivity contribution in [1.82, 2.24) is 5.32 Å². The minimum atomic E-state index is -0.769. The summed E-state index contributed by atoms with van der Waals surface area (Å²) in [7, 11) is 2.09. The van der Waals surface area contributed by atoms with Crippen molar-refractivity contribution in [3.05, 3.63) is 24.3 Å². The molecule has 0 saturated heterocycles. The lowest BCUT2D eigenvalue weighted by Crippen LogP contribution is -2.43. The number of carboxylic acid groups (broad SMARTS) is 1. The average molecular weight is 277 g/mol. The van der Waals surface area contributed by atoms with Gasteiger partial charge in [-0.1, -0.05) is 19.1 Å². The molecule has 1 atom stereocenters. The molecule has 2 N–H and O–H groups in total. The number of para-hydroxylation sites is 2. The van der Waals surface area contributed by atoms with Crippen molar-refractivity contribution in [3.63, 3.8) is 0 Å². The van der Waals surface area contributed by atoms with E-state index in [4.69, 9.17) is 0 Å². The molecule has 0 aromatic heterocycles. The Labute approximate surface area is 120 Å². The third-order valence-electron chi connectivity index (χ3n) is 3.78. The van der Waals surface area contributed by atoms with Gasteiger partial charge in [-0.2, -0.15) is 0 Å². The second-order valence-corrected chi connectivity index (χ2v) is 5.13. The van der Waals surface area contributed by atoms with Crippen LogP contribution >= 0.6 is 0 Å². The fraction of sp³-hybridized carbons (Fsp3) is 0.533. The number of benzene rings is 1. The van der Waals surface area contributed by atoms with Gasteiger partial charge in [-0.05, 0) is 25.1 Å². The summed E-state index contributed by atoms with van der Waals surface area (Å²) in [5, 5.41) is 12.2. The second-order valence-electron chi connectivity index (χ2n) is 5.13. The van der Waals surface area contributed by atoms with E-state index in [1.807, 2.05) is 19.1 Å². The first-order chi connectivity index (χ1) is 9.63. The molecule has 1 aliphatic rings. The van der Waals surface area contributed by atoms with Gasteiger partial charge in [0.1, 0.15) is 6.04 Å². The zero-order valence-corrected chi connectivity index (χ0v) is 12.2. The van der Waals surface area contributed by atoms with Gasteiger partial charge < -0.3 is 20.2 Å². The van der Waals surface area contributed by atoms with Gasteiger partial charge in [-0.15, -0.1) is 0 Å². The summed E-state index contributed by atoms with van der Waals surface area (Å²) >= 11 is 0. The van der Waals surface area contributed by atoms with Crippen LogP contribution in [0, 0.1) is 0 Å². The Kier molecular flexibility index (Phi) is 4.84. The molecule has 1 unspecified atom stereocenters. The minimum absolute atomic E-state index is 0.466. The van der Waals surface area contributed by atoms with Crippen LogP contribution in [0.4, 0.5) is 11.4 Å². The molecule has 1 heterocycles. The fourth-order valence-electron chi connectivity index (χ4n) is 2.64. The number of nitrogens with zero attached hydrogens (tertiary/aromatic N) is 2. The second kappa shape index (κ2) is 6.61. The Morgan fingerprint density at radius 1 is 1.35 bits per heavy atom. The van der Waals surface area contributed by atoms with E-state index in [1.165, 1.54) is 11.4 Å². The van der Waals surface area contributed by atoms with E-state index in [0.717, 1.165) is 19.6 Å². The Balaban J connectivity index is 2.04. The summed E-state index contributed by atoms with van der Waals surface area (Å²) in [4.78, 5) is 15.7. The Bertz CT molecular complexity index is 464. The van der Waals surface area contributed by atoms with Crippen LogP contribution in [0.2, 0.25) is 0 Å². The first kappa shape index (κ1) is 14.7. The van der Waals surface area contributed by atoms with E-state index in [1.54, 1.807) is 0 Å². The maximum absolute atomic E-state index is 11.2. The molecule has 5 heteroatoms. The fourth-order valence-corrected chi connectivity index (χ4v) is 2.64. The predicted octanol–water partition coefficient (Wildman–Crippen LogP) is 1.40. The summed E-state index contributed by atoms with van der Waals surface area (Å²) in [6.45, 7) is 5.27. The van der Waals surface area contributed by atoms with Crippen LogP contribution in [-0.4, -0.2) is 50.3 Å². The molecule has 0 spiro atoms. The van der Waals surface area contributed by atoms with Gasteiger partial charge in [-0.25, -0.2) is 0 Å². The lowest BCUT2D eigenvalue weighted by atomic mass is 10.1. The largest absolute Gasteiger partial charge is 0.480 e. The molecule has 0 fully saturated rings. The molecule has 0 aliphatic carbocycles. The van der Waals surface area contributed by atoms with Gasteiger partial charge in [-0.3, -0.25) is 4.79 Å². The SMILES string of the molecule is CCNC(CCN1CCN(C)c2ccccc21)C(=O)O. The molecule has 0 radical (unpaired) electrons. The molecule has 2 rings (SSSR count). The van der Waals surface area contributed by atoms with Gasteiger partial charge in [0.05, 0.1) is 11.4 Å². The zero-order valence-electron chi connectivity index (χ0n) is 12.2. The van der Waals surface area contributed by atoms with Crippen LogP contribution in [0.1, 0.15) is 13.3 Å². The lowest BCUT2D eigenvalue weighted by molar-refractivity contribution is -0.139. The third-order valence-corrected chi connectivity index (χ3v) is 3.78. The molecule has 0 amide bonds. The van der Waals surface area contributed by atoms with Crippen LogP contribution < -0.4 is 15.1 Å². The predicted molar refractivity (Wildman–Crippen MR) is 81.6 cm³/mol. The zero-order chi connectivity index (χ0) is 14.5. The standard InChI is InChI=1S/C15H23N3O2/c1-3-16-12(15(19)20)8-9-18-11-10-17(2)13-6-4-5-7-14(13)18/h4-7,12,16H,3,8-11H2,1-2H3,(H,19,20). The first-order valence-electron chi connectivity index (χ1n) is 7.14. The highest BCUT2D eigenvalue weighted by Gasteiger charge is 2.22. The lowest BCUT2D eigenvalue weighted by Gasteiger charge is -2.37. The highest BCUT2D eigenvalue weighted by molar-refractivity contribution is 5.74. The summed E-state index contributed by atoms with van der Waals surface area (Å²) in [6.07, 6.45) is 0.612. The molecular formula is C15H23N3O2. The van der Waals surface area contributed by atoms with Crippen molar-refractivity contribution >= 4 is 17.3 Å². The Morgan fingerprint density at radius 2 is 2.05 bits per heavy atom. The highest BCUT2D eigenvalue weighted by atomic mass is 16.4. The summed E-state index contributed by atoms with van der Waals surface area (Å²) in [6, 6.07) is 7.82. The third kappa shape index (κ3) is 3.22. The van der Waals surface area contributed by atoms with Crippen molar-refractivity contribution in [2.45, 2.75) is 19.4 Å². The monoisotopic (exact) mass is 277 g/mol. The molecule has 1 aliphatic heterocycles. The van der Waals surface area contributed by atoms with E-state index in [-0.39, 0.29) is 0 Å². The number of carboxylic acids is 1. The topological polar surface area (TPSA) is 55.8 Å². The van der Waals surface area contributed by atoms with Crippen molar-refractivity contribution in [1.29, 1.82) is 0 Å². The Morgan fingerprint density at radius 3 is 2.70 bits per heavy atom. The van der Waals surface area contributed by atoms with Gasteiger partial charge in [0.2, 0.25) is 0 Å². The van der Waals surface area contributed by atoms with Crippen molar-refractivity contribution in [2.75, 3.05) is 43.0 Å². The number of carbonyl (C=O) groups is 1. The van der Waals surface area contributed by atoms with Crippen LogP contribution in [0.15, 0.2) is 24.3 Å². The van der Waals surface area contributed by atoms with Crippen LogP contribution in [0.5, 0.6) is 0 Å². The van der Waals surface area contributed by atoms with Gasteiger partial charge in [0.15, 0.2) is 0 Å². The van der Waals surface area contributed by atoms with Crippen molar-refractivity contribution < 1.29 is 9.90 Å². The number of aliphatic carboxylic acids is 1. The quantitative estimate of drug-likeness (QED) is 0.823. The maximum atomic E-state index is 11.2. The highest BCUT2D eigenvalue weighted by Crippen LogP contribution is 2.31. The number of fused-ring (bicyclic) bond motifs is 1. The number of likely N-dealkylation sites (N-methyl/N-ethyl adjacent to an activating group) is 2. The number of hydrogen-bond acceptors (Lipinski definition) is 4. The smallest absolute Gasteiger partial charge is 0.320 e. The molecule has 20 heavy (non-hydrogen) atoms. The van der Waals surface area contributed by atoms with Gasteiger partial charge in [0, 0.05) is 26.7 Å². The number of rotatable bonds is 6. The van der Waals surface area contributed by atoms with E-state index in [0.29, 0.717) is 13.0 Å².